The lowest BCUT2D eigenvalue weighted by molar-refractivity contribution is -0.334. The smallest absolute Gasteiger partial charge is 0.407 e. The first-order valence-electron chi connectivity index (χ1n) is 10.6. The molecule has 0 bridgehead atoms. The van der Waals surface area contributed by atoms with Crippen molar-refractivity contribution in [1.82, 2.24) is 15.5 Å². The number of carbonyl (C=O) groups excluding carboxylic acids is 2. The van der Waals surface area contributed by atoms with Crippen molar-refractivity contribution in [3.05, 3.63) is 12.2 Å². The molecule has 11 nitrogen and oxygen atoms in total. The Balaban J connectivity index is 2.20. The van der Waals surface area contributed by atoms with E-state index in [-0.39, 0.29) is 25.0 Å². The van der Waals surface area contributed by atoms with E-state index in [1.165, 1.54) is 7.11 Å². The summed E-state index contributed by atoms with van der Waals surface area (Å²) in [4.78, 5) is 37.7. The fourth-order valence-electron chi connectivity index (χ4n) is 3.55. The summed E-state index contributed by atoms with van der Waals surface area (Å²) in [5.74, 6) is -2.33. The van der Waals surface area contributed by atoms with Crippen molar-refractivity contribution >= 4 is 17.9 Å². The van der Waals surface area contributed by atoms with Gasteiger partial charge in [0.2, 0.25) is 5.91 Å². The van der Waals surface area contributed by atoms with Crippen molar-refractivity contribution in [3.8, 4) is 0 Å². The highest BCUT2D eigenvalue weighted by Gasteiger charge is 2.48. The summed E-state index contributed by atoms with van der Waals surface area (Å²) >= 11 is 0. The zero-order valence-corrected chi connectivity index (χ0v) is 19.5. The summed E-state index contributed by atoms with van der Waals surface area (Å²) in [5, 5.41) is 25.3. The van der Waals surface area contributed by atoms with Crippen molar-refractivity contribution in [3.63, 3.8) is 0 Å². The maximum atomic E-state index is 13.0. The van der Waals surface area contributed by atoms with Crippen LogP contribution in [0.15, 0.2) is 12.2 Å². The van der Waals surface area contributed by atoms with E-state index in [4.69, 9.17) is 14.2 Å². The topological polar surface area (TPSA) is 147 Å². The molecule has 0 aromatic heterocycles. The molecule has 5 atom stereocenters. The molecule has 32 heavy (non-hydrogen) atoms. The quantitative estimate of drug-likeness (QED) is 0.425. The summed E-state index contributed by atoms with van der Waals surface area (Å²) in [6.45, 7) is 9.38. The van der Waals surface area contributed by atoms with Crippen molar-refractivity contribution in [2.75, 3.05) is 26.7 Å². The molecule has 0 saturated carbocycles. The molecule has 2 heterocycles. The second kappa shape index (κ2) is 10.2. The van der Waals surface area contributed by atoms with Crippen LogP contribution in [-0.2, 0) is 23.8 Å². The van der Waals surface area contributed by atoms with Crippen LogP contribution in [0, 0.1) is 5.41 Å². The molecule has 0 aromatic rings. The Kier molecular flexibility index (Phi) is 8.27. The number of aliphatic hydroxyl groups excluding tert-OH is 1. The number of nitrogens with zero attached hydrogens (tertiary/aromatic N) is 1. The van der Waals surface area contributed by atoms with Crippen LogP contribution in [0.5, 0.6) is 0 Å². The van der Waals surface area contributed by atoms with Crippen LogP contribution in [0.1, 0.15) is 34.6 Å². The summed E-state index contributed by atoms with van der Waals surface area (Å²) in [5.41, 5.74) is -0.151. The van der Waals surface area contributed by atoms with Gasteiger partial charge >= 0.3 is 6.09 Å². The Morgan fingerprint density at radius 2 is 2.00 bits per heavy atom. The van der Waals surface area contributed by atoms with Crippen LogP contribution in [0.2, 0.25) is 0 Å². The molecule has 182 valence electrons. The van der Waals surface area contributed by atoms with Crippen LogP contribution >= 0.6 is 0 Å². The molecular formula is C21H35N3O8. The minimum absolute atomic E-state index is 0.110. The van der Waals surface area contributed by atoms with Gasteiger partial charge in [0.1, 0.15) is 24.4 Å². The van der Waals surface area contributed by atoms with E-state index in [1.807, 2.05) is 26.8 Å². The van der Waals surface area contributed by atoms with Gasteiger partial charge in [-0.25, -0.2) is 4.79 Å². The standard InChI is InChI=1S/C21H35N3O8/c1-20(2,3)8-7-13-14(25)15(32-21(4,5)31-13)16(30-6)18(27)23-12-11-24(19(28)29)10-9-22-17(12)26/h7-8,12-16,25H,9-11H2,1-6H3,(H,22,26)(H,23,27)(H,28,29)/t12?,13-,14+,15-,16-/m1/s1. The number of allylic oxidation sites excluding steroid dienone is 1. The molecule has 0 aliphatic carbocycles. The third kappa shape index (κ3) is 6.89. The number of hydrogen-bond acceptors (Lipinski definition) is 7. The predicted molar refractivity (Wildman–Crippen MR) is 114 cm³/mol. The van der Waals surface area contributed by atoms with Crippen LogP contribution in [0.25, 0.3) is 0 Å². The average Bonchev–Trinajstić information content (AvgIpc) is 2.84. The van der Waals surface area contributed by atoms with Gasteiger partial charge in [-0.3, -0.25) is 9.59 Å². The van der Waals surface area contributed by atoms with Gasteiger partial charge in [-0.05, 0) is 19.3 Å². The molecule has 2 aliphatic heterocycles. The highest BCUT2D eigenvalue weighted by atomic mass is 16.7. The van der Waals surface area contributed by atoms with Gasteiger partial charge in [-0.2, -0.15) is 0 Å². The molecule has 11 heteroatoms. The first-order chi connectivity index (χ1) is 14.7. The molecule has 2 saturated heterocycles. The number of nitrogens with one attached hydrogen (secondary N) is 2. The average molecular weight is 458 g/mol. The number of carboxylic acid groups (broad SMARTS) is 1. The first kappa shape index (κ1) is 26.0. The highest BCUT2D eigenvalue weighted by Crippen LogP contribution is 2.31. The number of methoxy groups -OCH3 is 1. The van der Waals surface area contributed by atoms with E-state index in [9.17, 15) is 24.6 Å². The van der Waals surface area contributed by atoms with E-state index in [0.29, 0.717) is 0 Å². The van der Waals surface area contributed by atoms with Crippen LogP contribution in [0.4, 0.5) is 4.79 Å². The fourth-order valence-corrected chi connectivity index (χ4v) is 3.55. The molecule has 4 N–H and O–H groups in total. The van der Waals surface area contributed by atoms with Gasteiger partial charge in [0.25, 0.3) is 5.91 Å². The maximum absolute atomic E-state index is 13.0. The van der Waals surface area contributed by atoms with Gasteiger partial charge in [0.05, 0.1) is 6.54 Å². The normalized spacial score (nSPS) is 29.8. The lowest BCUT2D eigenvalue weighted by Crippen LogP contribution is -2.62. The first-order valence-corrected chi connectivity index (χ1v) is 10.6. The number of amides is 3. The molecule has 0 radical (unpaired) electrons. The third-order valence-electron chi connectivity index (χ3n) is 5.10. The molecule has 2 aliphatic rings. The third-order valence-corrected chi connectivity index (χ3v) is 5.10. The van der Waals surface area contributed by atoms with E-state index in [1.54, 1.807) is 19.9 Å². The largest absolute Gasteiger partial charge is 0.465 e. The minimum atomic E-state index is -1.27. The lowest BCUT2D eigenvalue weighted by Gasteiger charge is -2.45. The van der Waals surface area contributed by atoms with E-state index in [0.717, 1.165) is 4.90 Å². The van der Waals surface area contributed by atoms with E-state index >= 15 is 0 Å². The molecule has 0 spiro atoms. The fraction of sp³-hybridized carbons (Fsp3) is 0.762. The van der Waals surface area contributed by atoms with E-state index < -0.39 is 54.2 Å². The number of rotatable bonds is 5. The highest BCUT2D eigenvalue weighted by molar-refractivity contribution is 5.90. The Bertz CT molecular complexity index is 733. The minimum Gasteiger partial charge on any atom is -0.465 e. The Morgan fingerprint density at radius 3 is 2.56 bits per heavy atom. The molecule has 0 aromatic carbocycles. The monoisotopic (exact) mass is 457 g/mol. The molecule has 1 unspecified atom stereocenters. The molecular weight excluding hydrogens is 422 g/mol. The zero-order chi connectivity index (χ0) is 24.3. The number of hydrogen-bond donors (Lipinski definition) is 4. The van der Waals surface area contributed by atoms with Crippen molar-refractivity contribution < 1.29 is 38.8 Å². The lowest BCUT2D eigenvalue weighted by atomic mass is 9.93. The van der Waals surface area contributed by atoms with Gasteiger partial charge in [-0.15, -0.1) is 0 Å². The van der Waals surface area contributed by atoms with Gasteiger partial charge in [0.15, 0.2) is 11.9 Å². The van der Waals surface area contributed by atoms with E-state index in [2.05, 4.69) is 10.6 Å². The Hall–Kier alpha value is -2.21. The zero-order valence-electron chi connectivity index (χ0n) is 19.5. The van der Waals surface area contributed by atoms with Crippen LogP contribution in [0.3, 0.4) is 0 Å². The van der Waals surface area contributed by atoms with Gasteiger partial charge < -0.3 is 40.0 Å². The summed E-state index contributed by atoms with van der Waals surface area (Å²) < 4.78 is 17.0. The second-order valence-electron chi connectivity index (χ2n) is 9.52. The summed E-state index contributed by atoms with van der Waals surface area (Å²) in [6, 6.07) is -1.11. The SMILES string of the molecule is CO[C@@H](C(=O)NC1CN(C(=O)O)CCNC1=O)[C@@H]1OC(C)(C)O[C@H](C=CC(C)(C)C)[C@@H]1O. The number of carbonyl (C=O) groups is 3. The molecule has 2 fully saturated rings. The van der Waals surface area contributed by atoms with Crippen LogP contribution < -0.4 is 10.6 Å². The van der Waals surface area contributed by atoms with Gasteiger partial charge in [-0.1, -0.05) is 32.9 Å². The number of aliphatic hydroxyl groups is 1. The van der Waals surface area contributed by atoms with Crippen molar-refractivity contribution in [1.29, 1.82) is 0 Å². The number of ether oxygens (including phenoxy) is 3. The van der Waals surface area contributed by atoms with Crippen molar-refractivity contribution in [2.24, 2.45) is 5.41 Å². The molecule has 2 rings (SSSR count). The second-order valence-corrected chi connectivity index (χ2v) is 9.52. The van der Waals surface area contributed by atoms with Crippen molar-refractivity contribution in [2.45, 2.75) is 70.9 Å². The Morgan fingerprint density at radius 1 is 1.34 bits per heavy atom. The van der Waals surface area contributed by atoms with Gasteiger partial charge in [0, 0.05) is 20.2 Å². The Labute approximate surface area is 188 Å². The summed E-state index contributed by atoms with van der Waals surface area (Å²) in [6.07, 6.45) is -1.90. The van der Waals surface area contributed by atoms with Crippen LogP contribution in [-0.4, -0.2) is 96.0 Å². The molecule has 3 amide bonds. The maximum Gasteiger partial charge on any atom is 0.407 e. The predicted octanol–water partition coefficient (Wildman–Crippen LogP) is 0.0793. The summed E-state index contributed by atoms with van der Waals surface area (Å²) in [7, 11) is 1.29.